The molecule has 1 aliphatic heterocycles. The van der Waals surface area contributed by atoms with Crippen LogP contribution in [0.25, 0.3) is 10.9 Å². The third-order valence-electron chi connectivity index (χ3n) is 3.27. The van der Waals surface area contributed by atoms with Crippen LogP contribution in [0.4, 0.5) is 0 Å². The molecule has 1 aromatic carbocycles. The van der Waals surface area contributed by atoms with E-state index in [0.717, 1.165) is 10.9 Å². The minimum Gasteiger partial charge on any atom is -0.391 e. The van der Waals surface area contributed by atoms with Crippen LogP contribution < -0.4 is 0 Å². The highest BCUT2D eigenvalue weighted by Crippen LogP contribution is 2.21. The Labute approximate surface area is 98.9 Å². The van der Waals surface area contributed by atoms with Crippen LogP contribution in [0.15, 0.2) is 30.5 Å². The summed E-state index contributed by atoms with van der Waals surface area (Å²) in [6, 6.07) is 7.75. The number of para-hydroxylation sites is 1. The van der Waals surface area contributed by atoms with Crippen molar-refractivity contribution in [3.05, 3.63) is 36.0 Å². The molecule has 2 aromatic rings. The summed E-state index contributed by atoms with van der Waals surface area (Å²) in [4.78, 5) is 17.1. The molecule has 2 heterocycles. The molecule has 0 bridgehead atoms. The van der Waals surface area contributed by atoms with Crippen molar-refractivity contribution in [2.24, 2.45) is 0 Å². The van der Waals surface area contributed by atoms with E-state index in [1.807, 2.05) is 24.3 Å². The Bertz CT molecular complexity index is 561. The lowest BCUT2D eigenvalue weighted by Gasteiger charge is -2.14. The van der Waals surface area contributed by atoms with Gasteiger partial charge in [0, 0.05) is 30.2 Å². The fourth-order valence-electron chi connectivity index (χ4n) is 2.35. The van der Waals surface area contributed by atoms with Gasteiger partial charge in [0.1, 0.15) is 0 Å². The van der Waals surface area contributed by atoms with E-state index in [2.05, 4.69) is 4.98 Å². The normalized spacial score (nSPS) is 20.1. The minimum absolute atomic E-state index is 0.000926. The number of amides is 1. The van der Waals surface area contributed by atoms with Crippen LogP contribution in [-0.2, 0) is 0 Å². The van der Waals surface area contributed by atoms with Crippen molar-refractivity contribution in [1.29, 1.82) is 0 Å². The van der Waals surface area contributed by atoms with Crippen LogP contribution in [0.2, 0.25) is 0 Å². The van der Waals surface area contributed by atoms with Crippen molar-refractivity contribution < 1.29 is 9.90 Å². The van der Waals surface area contributed by atoms with Gasteiger partial charge in [0.2, 0.25) is 0 Å². The van der Waals surface area contributed by atoms with E-state index in [4.69, 9.17) is 0 Å². The summed E-state index contributed by atoms with van der Waals surface area (Å²) in [6.07, 6.45) is 2.05. The van der Waals surface area contributed by atoms with Crippen LogP contribution in [0.5, 0.6) is 0 Å². The second-order valence-electron chi connectivity index (χ2n) is 4.44. The highest BCUT2D eigenvalue weighted by atomic mass is 16.3. The number of hydrogen-bond donors (Lipinski definition) is 2. The molecule has 0 aliphatic carbocycles. The number of likely N-dealkylation sites (tertiary alicyclic amines) is 1. The Morgan fingerprint density at radius 2 is 2.24 bits per heavy atom. The molecular weight excluding hydrogens is 216 g/mol. The number of nitrogens with zero attached hydrogens (tertiary/aromatic N) is 1. The summed E-state index contributed by atoms with van der Waals surface area (Å²) in [6.45, 7) is 1.08. The number of carbonyl (C=O) groups excluding carboxylic acids is 1. The van der Waals surface area contributed by atoms with Crippen LogP contribution in [0, 0.1) is 0 Å². The number of H-pyrrole nitrogens is 1. The molecule has 1 amide bonds. The van der Waals surface area contributed by atoms with Crippen molar-refractivity contribution in [3.63, 3.8) is 0 Å². The number of fused-ring (bicyclic) bond motifs is 1. The Balaban J connectivity index is 1.96. The second kappa shape index (κ2) is 3.89. The number of carbonyl (C=O) groups is 1. The van der Waals surface area contributed by atoms with E-state index >= 15 is 0 Å². The molecule has 1 aromatic heterocycles. The maximum absolute atomic E-state index is 12.3. The Morgan fingerprint density at radius 1 is 1.41 bits per heavy atom. The molecule has 1 fully saturated rings. The van der Waals surface area contributed by atoms with E-state index in [0.29, 0.717) is 25.1 Å². The number of β-amino-alcohol motifs (C(OH)–C–C–N with tert-alkyl or cyclic N) is 1. The lowest BCUT2D eigenvalue weighted by molar-refractivity contribution is 0.0767. The summed E-state index contributed by atoms with van der Waals surface area (Å²) in [5, 5.41) is 10.4. The summed E-state index contributed by atoms with van der Waals surface area (Å²) in [5.41, 5.74) is 1.66. The summed E-state index contributed by atoms with van der Waals surface area (Å²) >= 11 is 0. The zero-order valence-corrected chi connectivity index (χ0v) is 9.39. The molecule has 4 heteroatoms. The molecule has 17 heavy (non-hydrogen) atoms. The Hall–Kier alpha value is -1.81. The van der Waals surface area contributed by atoms with Crippen LogP contribution in [0.3, 0.4) is 0 Å². The Kier molecular flexibility index (Phi) is 2.37. The molecule has 4 nitrogen and oxygen atoms in total. The third kappa shape index (κ3) is 1.70. The molecule has 1 atom stereocenters. The lowest BCUT2D eigenvalue weighted by Crippen LogP contribution is -2.29. The van der Waals surface area contributed by atoms with E-state index in [1.165, 1.54) is 0 Å². The lowest BCUT2D eigenvalue weighted by atomic mass is 10.1. The van der Waals surface area contributed by atoms with Gasteiger partial charge in [-0.2, -0.15) is 0 Å². The summed E-state index contributed by atoms with van der Waals surface area (Å²) < 4.78 is 0. The van der Waals surface area contributed by atoms with Gasteiger partial charge in [-0.25, -0.2) is 0 Å². The fourth-order valence-corrected chi connectivity index (χ4v) is 2.35. The highest BCUT2D eigenvalue weighted by molar-refractivity contribution is 6.06. The van der Waals surface area contributed by atoms with Crippen molar-refractivity contribution in [1.82, 2.24) is 9.88 Å². The minimum atomic E-state index is -0.371. The number of rotatable bonds is 1. The van der Waals surface area contributed by atoms with Gasteiger partial charge in [-0.05, 0) is 12.5 Å². The number of aromatic amines is 1. The van der Waals surface area contributed by atoms with Gasteiger partial charge in [0.25, 0.3) is 5.91 Å². The number of nitrogens with one attached hydrogen (secondary N) is 1. The van der Waals surface area contributed by atoms with Crippen molar-refractivity contribution in [3.8, 4) is 0 Å². The first-order valence-electron chi connectivity index (χ1n) is 5.79. The SMILES string of the molecule is O=C(c1c[nH]c2ccccc12)N1CC[C@@H](O)C1. The topological polar surface area (TPSA) is 56.3 Å². The average molecular weight is 230 g/mol. The molecule has 0 radical (unpaired) electrons. The van der Waals surface area contributed by atoms with Gasteiger partial charge >= 0.3 is 0 Å². The molecule has 88 valence electrons. The smallest absolute Gasteiger partial charge is 0.256 e. The fraction of sp³-hybridized carbons (Fsp3) is 0.308. The maximum atomic E-state index is 12.3. The van der Waals surface area contributed by atoms with Gasteiger partial charge in [-0.1, -0.05) is 18.2 Å². The maximum Gasteiger partial charge on any atom is 0.256 e. The zero-order chi connectivity index (χ0) is 11.8. The monoisotopic (exact) mass is 230 g/mol. The zero-order valence-electron chi connectivity index (χ0n) is 9.39. The number of benzene rings is 1. The van der Waals surface area contributed by atoms with Crippen molar-refractivity contribution >= 4 is 16.8 Å². The van der Waals surface area contributed by atoms with E-state index in [-0.39, 0.29) is 12.0 Å². The number of hydrogen-bond acceptors (Lipinski definition) is 2. The third-order valence-corrected chi connectivity index (χ3v) is 3.27. The quantitative estimate of drug-likeness (QED) is 0.777. The predicted molar refractivity (Wildman–Crippen MR) is 64.8 cm³/mol. The average Bonchev–Trinajstić information content (AvgIpc) is 2.94. The first-order valence-corrected chi connectivity index (χ1v) is 5.79. The van der Waals surface area contributed by atoms with Gasteiger partial charge < -0.3 is 15.0 Å². The van der Waals surface area contributed by atoms with Crippen molar-refractivity contribution in [2.45, 2.75) is 12.5 Å². The summed E-state index contributed by atoms with van der Waals surface area (Å²) in [7, 11) is 0. The summed E-state index contributed by atoms with van der Waals surface area (Å²) in [5.74, 6) is -0.000926. The molecule has 0 spiro atoms. The van der Waals surface area contributed by atoms with Gasteiger partial charge in [-0.3, -0.25) is 4.79 Å². The van der Waals surface area contributed by atoms with Gasteiger partial charge in [0.05, 0.1) is 11.7 Å². The predicted octanol–water partition coefficient (Wildman–Crippen LogP) is 1.37. The Morgan fingerprint density at radius 3 is 3.00 bits per heavy atom. The standard InChI is InChI=1S/C13H14N2O2/c16-9-5-6-15(8-9)13(17)11-7-14-12-4-2-1-3-10(11)12/h1-4,7,9,14,16H,5-6,8H2/t9-/m1/s1. The molecule has 0 unspecified atom stereocenters. The van der Waals surface area contributed by atoms with Crippen LogP contribution >= 0.6 is 0 Å². The van der Waals surface area contributed by atoms with E-state index in [1.54, 1.807) is 11.1 Å². The van der Waals surface area contributed by atoms with Crippen molar-refractivity contribution in [2.75, 3.05) is 13.1 Å². The number of aliphatic hydroxyl groups is 1. The van der Waals surface area contributed by atoms with E-state index < -0.39 is 0 Å². The first-order chi connectivity index (χ1) is 8.25. The largest absolute Gasteiger partial charge is 0.391 e. The molecule has 1 saturated heterocycles. The van der Waals surface area contributed by atoms with E-state index in [9.17, 15) is 9.90 Å². The van der Waals surface area contributed by atoms with Crippen LogP contribution in [-0.4, -0.2) is 40.1 Å². The molecule has 3 rings (SSSR count). The second-order valence-corrected chi connectivity index (χ2v) is 4.44. The number of aliphatic hydroxyl groups excluding tert-OH is 1. The van der Waals surface area contributed by atoms with Gasteiger partial charge in [0.15, 0.2) is 0 Å². The molecule has 1 aliphatic rings. The molecule has 0 saturated carbocycles. The first kappa shape index (κ1) is 10.4. The number of aromatic nitrogens is 1. The highest BCUT2D eigenvalue weighted by Gasteiger charge is 2.26. The van der Waals surface area contributed by atoms with Gasteiger partial charge in [-0.15, -0.1) is 0 Å². The molecular formula is C13H14N2O2. The molecule has 2 N–H and O–H groups in total. The van der Waals surface area contributed by atoms with Crippen LogP contribution in [0.1, 0.15) is 16.8 Å².